The summed E-state index contributed by atoms with van der Waals surface area (Å²) in [4.78, 5) is 12.1. The van der Waals surface area contributed by atoms with E-state index in [-0.39, 0.29) is 10.7 Å². The number of hydrogen-bond donors (Lipinski definition) is 1. The molecule has 23 heavy (non-hydrogen) atoms. The van der Waals surface area contributed by atoms with Crippen molar-refractivity contribution in [2.45, 2.75) is 6.42 Å². The Labute approximate surface area is 136 Å². The Kier molecular flexibility index (Phi) is 4.34. The van der Waals surface area contributed by atoms with Crippen LogP contribution in [0.5, 0.6) is 11.5 Å². The number of fused-ring (bicyclic) bond motifs is 1. The highest BCUT2D eigenvalue weighted by Gasteiger charge is 2.20. The zero-order valence-electron chi connectivity index (χ0n) is 11.9. The smallest absolute Gasteiger partial charge is 0.261 e. The van der Waals surface area contributed by atoms with Crippen LogP contribution in [0.15, 0.2) is 30.3 Å². The predicted molar refractivity (Wildman–Crippen MR) is 81.4 cm³/mol. The first-order valence-corrected chi connectivity index (χ1v) is 7.28. The van der Waals surface area contributed by atoms with Gasteiger partial charge in [0.2, 0.25) is 0 Å². The molecular formula is C16H12ClF2NO3. The van der Waals surface area contributed by atoms with Gasteiger partial charge in [-0.3, -0.25) is 4.79 Å². The maximum Gasteiger partial charge on any atom is 0.261 e. The minimum atomic E-state index is -0.951. The molecule has 0 aromatic heterocycles. The molecular weight excluding hydrogens is 328 g/mol. The lowest BCUT2D eigenvalue weighted by atomic mass is 10.1. The monoisotopic (exact) mass is 339 g/mol. The molecule has 7 heteroatoms. The molecule has 2 aromatic rings. The third kappa shape index (κ3) is 3.22. The Morgan fingerprint density at radius 1 is 1.09 bits per heavy atom. The van der Waals surface area contributed by atoms with Crippen LogP contribution in [0.4, 0.5) is 14.5 Å². The topological polar surface area (TPSA) is 47.6 Å². The van der Waals surface area contributed by atoms with Crippen LogP contribution in [0.25, 0.3) is 0 Å². The standard InChI is InChI=1S/C16H12ClF2NO3/c17-9-7-13-14(23-6-2-5-22-13)8-12(9)20-16(21)15-10(18)3-1-4-11(15)19/h1,3-4,7-8H,2,5-6H2,(H,20,21). The summed E-state index contributed by atoms with van der Waals surface area (Å²) in [5, 5.41) is 2.57. The van der Waals surface area contributed by atoms with Crippen molar-refractivity contribution in [2.24, 2.45) is 0 Å². The molecule has 3 rings (SSSR count). The summed E-state index contributed by atoms with van der Waals surface area (Å²) in [5.74, 6) is -1.96. The summed E-state index contributed by atoms with van der Waals surface area (Å²) in [7, 11) is 0. The van der Waals surface area contributed by atoms with Gasteiger partial charge in [-0.25, -0.2) is 8.78 Å². The van der Waals surface area contributed by atoms with E-state index in [0.29, 0.717) is 31.1 Å². The molecule has 0 fully saturated rings. The fourth-order valence-electron chi connectivity index (χ4n) is 2.18. The molecule has 0 saturated carbocycles. The van der Waals surface area contributed by atoms with E-state index in [4.69, 9.17) is 21.1 Å². The molecule has 1 amide bonds. The van der Waals surface area contributed by atoms with E-state index in [0.717, 1.165) is 12.1 Å². The number of rotatable bonds is 2. The van der Waals surface area contributed by atoms with Gasteiger partial charge < -0.3 is 14.8 Å². The first kappa shape index (κ1) is 15.6. The average Bonchev–Trinajstić information content (AvgIpc) is 2.72. The van der Waals surface area contributed by atoms with Crippen LogP contribution < -0.4 is 14.8 Å². The minimum Gasteiger partial charge on any atom is -0.490 e. The van der Waals surface area contributed by atoms with Crippen molar-refractivity contribution >= 4 is 23.2 Å². The van der Waals surface area contributed by atoms with Gasteiger partial charge in [0.25, 0.3) is 5.91 Å². The quantitative estimate of drug-likeness (QED) is 0.898. The summed E-state index contributed by atoms with van der Waals surface area (Å²) in [5.41, 5.74) is -0.487. The van der Waals surface area contributed by atoms with Gasteiger partial charge in [-0.15, -0.1) is 0 Å². The van der Waals surface area contributed by atoms with E-state index in [1.807, 2.05) is 0 Å². The normalized spacial score (nSPS) is 13.3. The number of benzene rings is 2. The van der Waals surface area contributed by atoms with Crippen LogP contribution >= 0.6 is 11.6 Å². The molecule has 0 saturated heterocycles. The zero-order chi connectivity index (χ0) is 16.4. The van der Waals surface area contributed by atoms with Gasteiger partial charge in [0, 0.05) is 18.6 Å². The van der Waals surface area contributed by atoms with E-state index in [2.05, 4.69) is 5.32 Å². The maximum atomic E-state index is 13.7. The van der Waals surface area contributed by atoms with Gasteiger partial charge >= 0.3 is 0 Å². The largest absolute Gasteiger partial charge is 0.490 e. The van der Waals surface area contributed by atoms with Crippen LogP contribution in [-0.2, 0) is 0 Å². The van der Waals surface area contributed by atoms with Gasteiger partial charge in [0.05, 0.1) is 23.9 Å². The second kappa shape index (κ2) is 6.42. The highest BCUT2D eigenvalue weighted by atomic mass is 35.5. The van der Waals surface area contributed by atoms with Crippen LogP contribution in [0.3, 0.4) is 0 Å². The minimum absolute atomic E-state index is 0.180. The van der Waals surface area contributed by atoms with Crippen LogP contribution in [-0.4, -0.2) is 19.1 Å². The van der Waals surface area contributed by atoms with Crippen LogP contribution in [0.1, 0.15) is 16.8 Å². The molecule has 4 nitrogen and oxygen atoms in total. The van der Waals surface area contributed by atoms with E-state index >= 15 is 0 Å². The fraction of sp³-hybridized carbons (Fsp3) is 0.188. The summed E-state index contributed by atoms with van der Waals surface area (Å²) < 4.78 is 38.3. The molecule has 1 heterocycles. The first-order chi connectivity index (χ1) is 11.1. The number of hydrogen-bond acceptors (Lipinski definition) is 3. The van der Waals surface area contributed by atoms with Crippen molar-refractivity contribution in [3.05, 3.63) is 52.6 Å². The van der Waals surface area contributed by atoms with Crippen molar-refractivity contribution in [1.29, 1.82) is 0 Å². The number of carbonyl (C=O) groups is 1. The molecule has 0 atom stereocenters. The van der Waals surface area contributed by atoms with Crippen molar-refractivity contribution in [3.63, 3.8) is 0 Å². The van der Waals surface area contributed by atoms with Gasteiger partial charge in [0.15, 0.2) is 11.5 Å². The molecule has 1 N–H and O–H groups in total. The van der Waals surface area contributed by atoms with Crippen molar-refractivity contribution in [2.75, 3.05) is 18.5 Å². The number of amides is 1. The summed E-state index contributed by atoms with van der Waals surface area (Å²) in [6.07, 6.45) is 0.717. The Bertz CT molecular complexity index is 747. The molecule has 0 radical (unpaired) electrons. The molecule has 1 aliphatic heterocycles. The SMILES string of the molecule is O=C(Nc1cc2c(cc1Cl)OCCCO2)c1c(F)cccc1F. The predicted octanol–water partition coefficient (Wildman–Crippen LogP) is 4.03. The van der Waals surface area contributed by atoms with E-state index < -0.39 is 23.1 Å². The lowest BCUT2D eigenvalue weighted by molar-refractivity contribution is 0.101. The first-order valence-electron chi connectivity index (χ1n) is 6.91. The third-order valence-corrected chi connectivity index (χ3v) is 3.59. The van der Waals surface area contributed by atoms with Crippen LogP contribution in [0.2, 0.25) is 5.02 Å². The fourth-order valence-corrected chi connectivity index (χ4v) is 2.38. The summed E-state index contributed by atoms with van der Waals surface area (Å²) in [6.45, 7) is 0.958. The molecule has 0 bridgehead atoms. The molecule has 0 aliphatic carbocycles. The van der Waals surface area contributed by atoms with Crippen molar-refractivity contribution in [3.8, 4) is 11.5 Å². The Morgan fingerprint density at radius 3 is 2.35 bits per heavy atom. The second-order valence-corrected chi connectivity index (χ2v) is 5.29. The van der Waals surface area contributed by atoms with E-state index in [1.165, 1.54) is 18.2 Å². The summed E-state index contributed by atoms with van der Waals surface area (Å²) >= 11 is 6.09. The maximum absolute atomic E-state index is 13.7. The van der Waals surface area contributed by atoms with E-state index in [1.54, 1.807) is 0 Å². The average molecular weight is 340 g/mol. The molecule has 0 spiro atoms. The lowest BCUT2D eigenvalue weighted by Gasteiger charge is -2.13. The number of carbonyl (C=O) groups excluding carboxylic acids is 1. The summed E-state index contributed by atoms with van der Waals surface area (Å²) in [6, 6.07) is 6.16. The lowest BCUT2D eigenvalue weighted by Crippen LogP contribution is -2.16. The highest BCUT2D eigenvalue weighted by Crippen LogP contribution is 2.37. The Hall–Kier alpha value is -2.34. The van der Waals surface area contributed by atoms with Crippen molar-refractivity contribution < 1.29 is 23.0 Å². The Morgan fingerprint density at radius 2 is 1.70 bits per heavy atom. The van der Waals surface area contributed by atoms with Gasteiger partial charge in [-0.1, -0.05) is 17.7 Å². The molecule has 0 unspecified atom stereocenters. The third-order valence-electron chi connectivity index (χ3n) is 3.28. The number of anilines is 1. The Balaban J connectivity index is 1.91. The zero-order valence-corrected chi connectivity index (χ0v) is 12.6. The highest BCUT2D eigenvalue weighted by molar-refractivity contribution is 6.34. The van der Waals surface area contributed by atoms with Crippen LogP contribution in [0, 0.1) is 11.6 Å². The number of ether oxygens (including phenoxy) is 2. The molecule has 120 valence electrons. The molecule has 1 aliphatic rings. The van der Waals surface area contributed by atoms with Gasteiger partial charge in [0.1, 0.15) is 17.2 Å². The van der Waals surface area contributed by atoms with Gasteiger partial charge in [-0.2, -0.15) is 0 Å². The number of nitrogens with one attached hydrogen (secondary N) is 1. The van der Waals surface area contributed by atoms with E-state index in [9.17, 15) is 13.6 Å². The number of halogens is 3. The molecule has 2 aromatic carbocycles. The van der Waals surface area contributed by atoms with Crippen molar-refractivity contribution in [1.82, 2.24) is 0 Å². The van der Waals surface area contributed by atoms with Gasteiger partial charge in [-0.05, 0) is 12.1 Å². The second-order valence-electron chi connectivity index (χ2n) is 4.88.